The van der Waals surface area contributed by atoms with E-state index in [4.69, 9.17) is 4.74 Å². The molecule has 112 valence electrons. The van der Waals surface area contributed by atoms with Crippen LogP contribution in [-0.2, 0) is 6.54 Å². The highest BCUT2D eigenvalue weighted by Gasteiger charge is 2.23. The van der Waals surface area contributed by atoms with Crippen LogP contribution >= 0.6 is 0 Å². The van der Waals surface area contributed by atoms with Gasteiger partial charge in [-0.15, -0.1) is 0 Å². The topological polar surface area (TPSA) is 34.1 Å². The van der Waals surface area contributed by atoms with Crippen molar-refractivity contribution in [1.29, 1.82) is 0 Å². The number of hydrogen-bond acceptors (Lipinski definition) is 3. The second-order valence-electron chi connectivity index (χ2n) is 6.41. The SMILES string of the molecule is Cc1cc(CNC(C)C)cc(OC2CCCCC2C)n1. The van der Waals surface area contributed by atoms with Crippen LogP contribution in [0.2, 0.25) is 0 Å². The van der Waals surface area contributed by atoms with Gasteiger partial charge < -0.3 is 10.1 Å². The highest BCUT2D eigenvalue weighted by Crippen LogP contribution is 2.27. The van der Waals surface area contributed by atoms with Crippen molar-refractivity contribution in [3.8, 4) is 5.88 Å². The number of nitrogens with zero attached hydrogens (tertiary/aromatic N) is 1. The van der Waals surface area contributed by atoms with Crippen molar-refractivity contribution < 1.29 is 4.74 Å². The summed E-state index contributed by atoms with van der Waals surface area (Å²) in [6.07, 6.45) is 5.40. The summed E-state index contributed by atoms with van der Waals surface area (Å²) < 4.78 is 6.16. The minimum Gasteiger partial charge on any atom is -0.474 e. The fourth-order valence-electron chi connectivity index (χ4n) is 2.80. The first-order valence-corrected chi connectivity index (χ1v) is 7.92. The Bertz CT molecular complexity index is 431. The smallest absolute Gasteiger partial charge is 0.214 e. The first-order chi connectivity index (χ1) is 9.54. The Hall–Kier alpha value is -1.09. The normalized spacial score (nSPS) is 23.1. The number of aromatic nitrogens is 1. The zero-order valence-corrected chi connectivity index (χ0v) is 13.3. The Labute approximate surface area is 123 Å². The molecule has 1 aliphatic carbocycles. The molecule has 1 N–H and O–H groups in total. The molecule has 0 radical (unpaired) electrons. The zero-order chi connectivity index (χ0) is 14.5. The lowest BCUT2D eigenvalue weighted by atomic mass is 9.88. The first-order valence-electron chi connectivity index (χ1n) is 7.92. The number of aryl methyl sites for hydroxylation is 1. The molecule has 20 heavy (non-hydrogen) atoms. The average Bonchev–Trinajstić information content (AvgIpc) is 2.38. The van der Waals surface area contributed by atoms with E-state index in [0.717, 1.165) is 24.5 Å². The minimum absolute atomic E-state index is 0.337. The van der Waals surface area contributed by atoms with Crippen molar-refractivity contribution in [3.05, 3.63) is 23.4 Å². The maximum Gasteiger partial charge on any atom is 0.214 e. The third-order valence-corrected chi connectivity index (χ3v) is 4.01. The molecule has 1 aromatic heterocycles. The average molecular weight is 276 g/mol. The van der Waals surface area contributed by atoms with Crippen LogP contribution in [-0.4, -0.2) is 17.1 Å². The number of pyridine rings is 1. The molecular weight excluding hydrogens is 248 g/mol. The van der Waals surface area contributed by atoms with E-state index in [1.807, 2.05) is 6.92 Å². The summed E-state index contributed by atoms with van der Waals surface area (Å²) >= 11 is 0. The van der Waals surface area contributed by atoms with Crippen molar-refractivity contribution in [2.75, 3.05) is 0 Å². The van der Waals surface area contributed by atoms with E-state index in [9.17, 15) is 0 Å². The molecule has 2 rings (SSSR count). The molecule has 3 heteroatoms. The van der Waals surface area contributed by atoms with E-state index in [2.05, 4.69) is 43.2 Å². The molecule has 0 bridgehead atoms. The molecule has 1 fully saturated rings. The van der Waals surface area contributed by atoms with Gasteiger partial charge in [-0.3, -0.25) is 0 Å². The number of nitrogens with one attached hydrogen (secondary N) is 1. The second-order valence-corrected chi connectivity index (χ2v) is 6.41. The van der Waals surface area contributed by atoms with E-state index in [-0.39, 0.29) is 0 Å². The van der Waals surface area contributed by atoms with Gasteiger partial charge in [0.15, 0.2) is 0 Å². The molecule has 0 aromatic carbocycles. The van der Waals surface area contributed by atoms with Crippen LogP contribution in [0.25, 0.3) is 0 Å². The number of ether oxygens (including phenoxy) is 1. The summed E-state index contributed by atoms with van der Waals surface area (Å²) in [6.45, 7) is 9.53. The van der Waals surface area contributed by atoms with Crippen LogP contribution in [0.15, 0.2) is 12.1 Å². The Balaban J connectivity index is 2.03. The van der Waals surface area contributed by atoms with Gasteiger partial charge in [0.1, 0.15) is 6.10 Å². The van der Waals surface area contributed by atoms with Crippen LogP contribution in [0.4, 0.5) is 0 Å². The molecule has 1 aromatic rings. The fourth-order valence-corrected chi connectivity index (χ4v) is 2.80. The van der Waals surface area contributed by atoms with E-state index in [0.29, 0.717) is 18.1 Å². The summed E-state index contributed by atoms with van der Waals surface area (Å²) in [6, 6.07) is 4.71. The van der Waals surface area contributed by atoms with Gasteiger partial charge in [0, 0.05) is 24.3 Å². The van der Waals surface area contributed by atoms with Crippen molar-refractivity contribution in [1.82, 2.24) is 10.3 Å². The van der Waals surface area contributed by atoms with Gasteiger partial charge >= 0.3 is 0 Å². The Morgan fingerprint density at radius 2 is 2.05 bits per heavy atom. The highest BCUT2D eigenvalue weighted by molar-refractivity contribution is 5.25. The molecule has 0 amide bonds. The largest absolute Gasteiger partial charge is 0.474 e. The molecule has 3 nitrogen and oxygen atoms in total. The van der Waals surface area contributed by atoms with E-state index in [1.54, 1.807) is 0 Å². The van der Waals surface area contributed by atoms with Gasteiger partial charge in [-0.05, 0) is 43.7 Å². The maximum atomic E-state index is 6.16. The van der Waals surface area contributed by atoms with Crippen LogP contribution in [0.5, 0.6) is 5.88 Å². The van der Waals surface area contributed by atoms with Crippen LogP contribution in [0.3, 0.4) is 0 Å². The van der Waals surface area contributed by atoms with Crippen molar-refractivity contribution in [2.24, 2.45) is 5.92 Å². The Morgan fingerprint density at radius 3 is 2.75 bits per heavy atom. The maximum absolute atomic E-state index is 6.16. The molecule has 0 aliphatic heterocycles. The van der Waals surface area contributed by atoms with E-state index < -0.39 is 0 Å². The van der Waals surface area contributed by atoms with Crippen molar-refractivity contribution >= 4 is 0 Å². The van der Waals surface area contributed by atoms with Crippen LogP contribution in [0, 0.1) is 12.8 Å². The van der Waals surface area contributed by atoms with Gasteiger partial charge in [0.05, 0.1) is 0 Å². The lowest BCUT2D eigenvalue weighted by molar-refractivity contribution is 0.0973. The molecule has 0 spiro atoms. The van der Waals surface area contributed by atoms with Gasteiger partial charge in [0.25, 0.3) is 0 Å². The van der Waals surface area contributed by atoms with Gasteiger partial charge in [-0.25, -0.2) is 4.98 Å². The minimum atomic E-state index is 0.337. The standard InChI is InChI=1S/C17H28N2O/c1-12(2)18-11-15-9-14(4)19-17(10-15)20-16-8-6-5-7-13(16)3/h9-10,12-13,16,18H,5-8,11H2,1-4H3. The van der Waals surface area contributed by atoms with Gasteiger partial charge in [-0.2, -0.15) is 0 Å². The van der Waals surface area contributed by atoms with E-state index in [1.165, 1.54) is 24.8 Å². The number of hydrogen-bond donors (Lipinski definition) is 1. The van der Waals surface area contributed by atoms with Crippen molar-refractivity contribution in [2.45, 2.75) is 72.1 Å². The summed E-state index contributed by atoms with van der Waals surface area (Å²) in [5.41, 5.74) is 2.29. The summed E-state index contributed by atoms with van der Waals surface area (Å²) in [7, 11) is 0. The number of rotatable bonds is 5. The molecule has 2 atom stereocenters. The lowest BCUT2D eigenvalue weighted by Crippen LogP contribution is -2.28. The van der Waals surface area contributed by atoms with Crippen LogP contribution in [0.1, 0.15) is 57.7 Å². The quantitative estimate of drug-likeness (QED) is 0.887. The Morgan fingerprint density at radius 1 is 1.30 bits per heavy atom. The summed E-state index contributed by atoms with van der Waals surface area (Å²) in [5, 5.41) is 3.45. The third kappa shape index (κ3) is 4.48. The lowest BCUT2D eigenvalue weighted by Gasteiger charge is -2.29. The zero-order valence-electron chi connectivity index (χ0n) is 13.3. The fraction of sp³-hybridized carbons (Fsp3) is 0.706. The predicted octanol–water partition coefficient (Wildman–Crippen LogP) is 3.85. The summed E-state index contributed by atoms with van der Waals surface area (Å²) in [5.74, 6) is 1.44. The highest BCUT2D eigenvalue weighted by atomic mass is 16.5. The van der Waals surface area contributed by atoms with Crippen molar-refractivity contribution in [3.63, 3.8) is 0 Å². The third-order valence-electron chi connectivity index (χ3n) is 4.01. The summed E-state index contributed by atoms with van der Waals surface area (Å²) in [4.78, 5) is 4.54. The molecular formula is C17H28N2O. The van der Waals surface area contributed by atoms with Gasteiger partial charge in [-0.1, -0.05) is 27.2 Å². The molecule has 1 aliphatic rings. The molecule has 2 unspecified atom stereocenters. The second kappa shape index (κ2) is 7.07. The molecule has 1 saturated carbocycles. The van der Waals surface area contributed by atoms with Gasteiger partial charge in [0.2, 0.25) is 5.88 Å². The van der Waals surface area contributed by atoms with E-state index >= 15 is 0 Å². The monoisotopic (exact) mass is 276 g/mol. The molecule has 0 saturated heterocycles. The first kappa shape index (κ1) is 15.3. The predicted molar refractivity (Wildman–Crippen MR) is 83.0 cm³/mol. The van der Waals surface area contributed by atoms with Crippen LogP contribution < -0.4 is 10.1 Å². The Kier molecular flexibility index (Phi) is 5.41. The molecule has 1 heterocycles.